The highest BCUT2D eigenvalue weighted by Crippen LogP contribution is 2.63. The van der Waals surface area contributed by atoms with E-state index in [9.17, 15) is 0 Å². The predicted molar refractivity (Wildman–Crippen MR) is 165 cm³/mol. The van der Waals surface area contributed by atoms with E-state index in [1.165, 1.54) is 12.8 Å². The van der Waals surface area contributed by atoms with Crippen molar-refractivity contribution in [3.8, 4) is 0 Å². The molecule has 16 atom stereocenters. The Bertz CT molecular complexity index is 1210. The Morgan fingerprint density at radius 3 is 1.69 bits per heavy atom. The molecular weight excluding hydrogens is 574 g/mol. The average molecular weight is 632 g/mol. The number of rotatable bonds is 3. The molecule has 4 bridgehead atoms. The Morgan fingerprint density at radius 1 is 0.644 bits per heavy atom. The van der Waals surface area contributed by atoms with Crippen molar-refractivity contribution >= 4 is 5.71 Å². The van der Waals surface area contributed by atoms with Crippen molar-refractivity contribution in [2.24, 2.45) is 52.3 Å². The normalized spacial score (nSPS) is 57.5. The van der Waals surface area contributed by atoms with Crippen LogP contribution in [0.2, 0.25) is 0 Å². The first kappa shape index (κ1) is 31.6. The number of hydrogen-bond acceptors (Lipinski definition) is 9. The van der Waals surface area contributed by atoms with E-state index in [1.54, 1.807) is 0 Å². The fourth-order valence-electron chi connectivity index (χ4n) is 11.4. The monoisotopic (exact) mass is 631 g/mol. The van der Waals surface area contributed by atoms with Crippen LogP contribution in [-0.2, 0) is 38.5 Å². The molecule has 9 heteroatoms. The van der Waals surface area contributed by atoms with E-state index in [2.05, 4.69) is 48.5 Å². The standard InChI is InChI=1S/C36H57NO8/c1-19-10-12-25-21(3)28(38-30-35(25)23(19)14-16-33(8,40-30)42-44-35)18-27(37-32(5,6)7)29-22(4)26-13-11-20(2)24-15-17-34(9)41-31(39-29)36(24,26)45-43-34/h19-26,28-31H,10-18H2,1-9H3/b37-27-/t19-,20-,21-,22-,23+,24+,25+,26+,28-,29+,30-,31-,33+,34+,35-,36-/m1/s1. The molecule has 45 heavy (non-hydrogen) atoms. The third kappa shape index (κ3) is 4.64. The van der Waals surface area contributed by atoms with Crippen molar-refractivity contribution in [1.82, 2.24) is 0 Å². The molecule has 254 valence electrons. The highest BCUT2D eigenvalue weighted by atomic mass is 17.3. The van der Waals surface area contributed by atoms with Gasteiger partial charge in [0.15, 0.2) is 23.8 Å². The summed E-state index contributed by atoms with van der Waals surface area (Å²) in [6, 6.07) is 0. The number of ether oxygens (including phenoxy) is 4. The minimum Gasteiger partial charge on any atom is -0.345 e. The number of aliphatic imine (C=N–C) groups is 1. The van der Waals surface area contributed by atoms with Gasteiger partial charge in [0.2, 0.25) is 11.6 Å². The number of nitrogens with zero attached hydrogens (tertiary/aromatic N) is 1. The highest BCUT2D eigenvalue weighted by Gasteiger charge is 2.71. The molecule has 0 unspecified atom stereocenters. The minimum atomic E-state index is -0.803. The van der Waals surface area contributed by atoms with E-state index in [1.807, 2.05) is 13.8 Å². The summed E-state index contributed by atoms with van der Waals surface area (Å²) < 4.78 is 27.7. The van der Waals surface area contributed by atoms with Gasteiger partial charge in [-0.05, 0) is 109 Å². The fourth-order valence-corrected chi connectivity index (χ4v) is 11.4. The quantitative estimate of drug-likeness (QED) is 0.241. The highest BCUT2D eigenvalue weighted by molar-refractivity contribution is 5.90. The third-order valence-corrected chi connectivity index (χ3v) is 13.7. The van der Waals surface area contributed by atoms with Crippen molar-refractivity contribution in [2.45, 2.75) is 173 Å². The zero-order chi connectivity index (χ0) is 31.7. The summed E-state index contributed by atoms with van der Waals surface area (Å²) in [4.78, 5) is 30.5. The molecule has 0 radical (unpaired) electrons. The first-order valence-electron chi connectivity index (χ1n) is 18.2. The second-order valence-electron chi connectivity index (χ2n) is 17.7. The molecule has 8 aliphatic heterocycles. The Morgan fingerprint density at radius 2 is 1.16 bits per heavy atom. The maximum atomic E-state index is 7.14. The summed E-state index contributed by atoms with van der Waals surface area (Å²) in [5.41, 5.74) is -0.380. The van der Waals surface area contributed by atoms with Crippen molar-refractivity contribution in [2.75, 3.05) is 0 Å². The third-order valence-electron chi connectivity index (χ3n) is 13.7. The van der Waals surface area contributed by atoms with Crippen molar-refractivity contribution in [1.29, 1.82) is 0 Å². The van der Waals surface area contributed by atoms with Gasteiger partial charge in [-0.15, -0.1) is 0 Å². The van der Waals surface area contributed by atoms with Crippen LogP contribution >= 0.6 is 0 Å². The van der Waals surface area contributed by atoms with Gasteiger partial charge in [-0.2, -0.15) is 0 Å². The maximum Gasteiger partial charge on any atom is 0.201 e. The molecule has 9 nitrogen and oxygen atoms in total. The Labute approximate surface area is 269 Å². The molecule has 0 aromatic rings. The molecule has 2 aliphatic carbocycles. The summed E-state index contributed by atoms with van der Waals surface area (Å²) in [7, 11) is 0. The average Bonchev–Trinajstić information content (AvgIpc) is 3.34. The van der Waals surface area contributed by atoms with Gasteiger partial charge < -0.3 is 18.9 Å². The minimum absolute atomic E-state index is 0.0817. The van der Waals surface area contributed by atoms with Crippen molar-refractivity contribution in [3.05, 3.63) is 0 Å². The molecule has 0 aromatic heterocycles. The first-order chi connectivity index (χ1) is 21.2. The topological polar surface area (TPSA) is 86.2 Å². The van der Waals surface area contributed by atoms with Gasteiger partial charge >= 0.3 is 0 Å². The van der Waals surface area contributed by atoms with E-state index in [-0.39, 0.29) is 41.4 Å². The summed E-state index contributed by atoms with van der Waals surface area (Å²) in [5.74, 6) is 1.10. The Balaban J connectivity index is 1.13. The lowest BCUT2D eigenvalue weighted by Gasteiger charge is -2.61. The van der Waals surface area contributed by atoms with Gasteiger partial charge in [-0.25, -0.2) is 19.6 Å². The predicted octanol–water partition coefficient (Wildman–Crippen LogP) is 7.12. The van der Waals surface area contributed by atoms with Crippen LogP contribution in [0.1, 0.15) is 120 Å². The molecule has 8 heterocycles. The van der Waals surface area contributed by atoms with Crippen LogP contribution < -0.4 is 0 Å². The van der Waals surface area contributed by atoms with Gasteiger partial charge in [0.25, 0.3) is 0 Å². The molecule has 10 aliphatic rings. The Hall–Kier alpha value is -0.650. The van der Waals surface area contributed by atoms with E-state index in [0.717, 1.165) is 44.2 Å². The zero-order valence-electron chi connectivity index (χ0n) is 29.0. The molecule has 0 N–H and O–H groups in total. The van der Waals surface area contributed by atoms with E-state index in [0.29, 0.717) is 30.1 Å². The molecule has 10 rings (SSSR count). The van der Waals surface area contributed by atoms with Gasteiger partial charge in [0.1, 0.15) is 6.10 Å². The van der Waals surface area contributed by atoms with Gasteiger partial charge in [-0.3, -0.25) is 4.99 Å². The molecule has 8 saturated heterocycles. The van der Waals surface area contributed by atoms with Gasteiger partial charge in [0, 0.05) is 36.8 Å². The molecule has 10 fully saturated rings. The lowest BCUT2D eigenvalue weighted by Crippen LogP contribution is -2.71. The van der Waals surface area contributed by atoms with Crippen LogP contribution in [0.25, 0.3) is 0 Å². The zero-order valence-corrected chi connectivity index (χ0v) is 29.0. The largest absolute Gasteiger partial charge is 0.345 e. The van der Waals surface area contributed by atoms with Crippen LogP contribution in [-0.4, -0.2) is 58.8 Å². The molecular formula is C36H57NO8. The molecule has 0 amide bonds. The lowest BCUT2D eigenvalue weighted by atomic mass is 9.56. The van der Waals surface area contributed by atoms with Gasteiger partial charge in [-0.1, -0.05) is 27.7 Å². The fraction of sp³-hybridized carbons (Fsp3) is 0.972. The van der Waals surface area contributed by atoms with Crippen LogP contribution in [0.5, 0.6) is 0 Å². The SMILES string of the molecule is C[C@H]1[C@@H](/C(C[C@H]2O[C@@H]3O[C@]4(C)CC[C@H]5[C@H](C)CC[C@@H]([C@H]2C)[C@@]35OO4)=N\C(C)(C)C)O[C@@H]2O[C@]3(C)CC[C@H]4[C@H](C)CC[C@@H]1[C@@]24OO3. The van der Waals surface area contributed by atoms with Gasteiger partial charge in [0.05, 0.1) is 11.6 Å². The molecule has 2 saturated carbocycles. The number of fused-ring (bicyclic) bond motifs is 4. The van der Waals surface area contributed by atoms with Crippen LogP contribution in [0.15, 0.2) is 4.99 Å². The lowest BCUT2D eigenvalue weighted by molar-refractivity contribution is -0.571. The summed E-state index contributed by atoms with van der Waals surface area (Å²) in [6.45, 7) is 19.9. The van der Waals surface area contributed by atoms with Crippen LogP contribution in [0, 0.1) is 47.3 Å². The van der Waals surface area contributed by atoms with Crippen molar-refractivity contribution < 1.29 is 38.5 Å². The first-order valence-corrected chi connectivity index (χ1v) is 18.2. The molecule has 2 spiro atoms. The van der Waals surface area contributed by atoms with Crippen molar-refractivity contribution in [3.63, 3.8) is 0 Å². The summed E-state index contributed by atoms with van der Waals surface area (Å²) in [5, 5.41) is 0. The smallest absolute Gasteiger partial charge is 0.201 e. The van der Waals surface area contributed by atoms with E-state index < -0.39 is 35.4 Å². The maximum absolute atomic E-state index is 7.14. The summed E-state index contributed by atoms with van der Waals surface area (Å²) >= 11 is 0. The van der Waals surface area contributed by atoms with E-state index >= 15 is 0 Å². The second-order valence-corrected chi connectivity index (χ2v) is 17.7. The number of hydrogen-bond donors (Lipinski definition) is 0. The van der Waals surface area contributed by atoms with Crippen LogP contribution in [0.3, 0.4) is 0 Å². The second kappa shape index (κ2) is 10.4. The summed E-state index contributed by atoms with van der Waals surface area (Å²) in [6.07, 6.45) is 7.62. The van der Waals surface area contributed by atoms with E-state index in [4.69, 9.17) is 43.5 Å². The molecule has 0 aromatic carbocycles. The Kier molecular flexibility index (Phi) is 7.32. The van der Waals surface area contributed by atoms with Crippen LogP contribution in [0.4, 0.5) is 0 Å².